The molecule has 0 aromatic carbocycles. The molecule has 2 rings (SSSR count). The number of pyridine rings is 1. The quantitative estimate of drug-likeness (QED) is 0.847. The van der Waals surface area contributed by atoms with E-state index in [4.69, 9.17) is 11.6 Å². The highest BCUT2D eigenvalue weighted by molar-refractivity contribution is 6.33. The Morgan fingerprint density at radius 3 is 3.07 bits per heavy atom. The average molecular weight is 225 g/mol. The molecule has 0 radical (unpaired) electrons. The van der Waals surface area contributed by atoms with Crippen LogP contribution in [0.1, 0.15) is 12.7 Å². The molecule has 4 nitrogen and oxygen atoms in total. The van der Waals surface area contributed by atoms with Gasteiger partial charge in [0, 0.05) is 6.20 Å². The number of halogens is 1. The van der Waals surface area contributed by atoms with Crippen molar-refractivity contribution in [3.8, 4) is 5.75 Å². The summed E-state index contributed by atoms with van der Waals surface area (Å²) in [5.41, 5.74) is 0.440. The van der Waals surface area contributed by atoms with Crippen molar-refractivity contribution in [3.63, 3.8) is 0 Å². The molecule has 0 fully saturated rings. The maximum absolute atomic E-state index is 11.0. The molecule has 2 aromatic heterocycles. The lowest BCUT2D eigenvalue weighted by Gasteiger charge is -1.99. The summed E-state index contributed by atoms with van der Waals surface area (Å²) in [6, 6.07) is 3.20. The number of carbonyl (C=O) groups is 1. The summed E-state index contributed by atoms with van der Waals surface area (Å²) in [7, 11) is 0. The van der Waals surface area contributed by atoms with Gasteiger partial charge in [-0.05, 0) is 19.1 Å². The Morgan fingerprint density at radius 1 is 1.67 bits per heavy atom. The van der Waals surface area contributed by atoms with Gasteiger partial charge < -0.3 is 5.11 Å². The Kier molecular flexibility index (Phi) is 2.36. The van der Waals surface area contributed by atoms with Crippen LogP contribution in [0.3, 0.4) is 0 Å². The van der Waals surface area contributed by atoms with Crippen molar-refractivity contribution in [1.82, 2.24) is 9.38 Å². The van der Waals surface area contributed by atoms with Crippen molar-refractivity contribution in [1.29, 1.82) is 0 Å². The molecule has 15 heavy (non-hydrogen) atoms. The first-order valence-corrected chi connectivity index (χ1v) is 4.81. The van der Waals surface area contributed by atoms with Crippen LogP contribution in [0.2, 0.25) is 5.15 Å². The van der Waals surface area contributed by atoms with E-state index in [-0.39, 0.29) is 23.1 Å². The minimum atomic E-state index is 0.00177. The van der Waals surface area contributed by atoms with Gasteiger partial charge in [0.2, 0.25) is 0 Å². The van der Waals surface area contributed by atoms with Gasteiger partial charge in [-0.2, -0.15) is 0 Å². The zero-order chi connectivity index (χ0) is 11.0. The van der Waals surface area contributed by atoms with Crippen LogP contribution >= 0.6 is 11.6 Å². The largest absolute Gasteiger partial charge is 0.506 e. The highest BCUT2D eigenvalue weighted by Gasteiger charge is 2.13. The summed E-state index contributed by atoms with van der Waals surface area (Å²) < 4.78 is 1.62. The number of hydrogen-bond donors (Lipinski definition) is 1. The fourth-order valence-electron chi connectivity index (χ4n) is 1.48. The number of carbonyl (C=O) groups excluding carboxylic acids is 1. The molecule has 78 valence electrons. The molecule has 2 aromatic rings. The second-order valence-corrected chi connectivity index (χ2v) is 3.67. The number of fused-ring (bicyclic) bond motifs is 1. The van der Waals surface area contributed by atoms with E-state index >= 15 is 0 Å². The van der Waals surface area contributed by atoms with E-state index in [2.05, 4.69) is 4.98 Å². The number of aromatic nitrogens is 2. The first-order chi connectivity index (χ1) is 7.09. The Bertz CT molecular complexity index is 533. The fraction of sp³-hybridized carbons (Fsp3) is 0.200. The highest BCUT2D eigenvalue weighted by atomic mass is 35.5. The second kappa shape index (κ2) is 3.55. The average Bonchev–Trinajstić information content (AvgIpc) is 2.44. The molecule has 0 aliphatic rings. The van der Waals surface area contributed by atoms with Gasteiger partial charge in [0.05, 0.1) is 6.42 Å². The summed E-state index contributed by atoms with van der Waals surface area (Å²) in [4.78, 5) is 15.0. The van der Waals surface area contributed by atoms with Crippen LogP contribution in [0.5, 0.6) is 5.75 Å². The zero-order valence-corrected chi connectivity index (χ0v) is 8.82. The summed E-state index contributed by atoms with van der Waals surface area (Å²) in [6.07, 6.45) is 1.92. The van der Waals surface area contributed by atoms with E-state index in [9.17, 15) is 9.90 Å². The van der Waals surface area contributed by atoms with Crippen LogP contribution in [-0.2, 0) is 11.2 Å². The van der Waals surface area contributed by atoms with Crippen molar-refractivity contribution < 1.29 is 9.90 Å². The zero-order valence-electron chi connectivity index (χ0n) is 8.07. The van der Waals surface area contributed by atoms with Gasteiger partial charge >= 0.3 is 0 Å². The summed E-state index contributed by atoms with van der Waals surface area (Å²) in [6.45, 7) is 1.48. The van der Waals surface area contributed by atoms with Gasteiger partial charge in [-0.15, -0.1) is 0 Å². The highest BCUT2D eigenvalue weighted by Crippen LogP contribution is 2.26. The lowest BCUT2D eigenvalue weighted by molar-refractivity contribution is -0.116. The van der Waals surface area contributed by atoms with Gasteiger partial charge in [-0.3, -0.25) is 9.20 Å². The molecule has 0 bridgehead atoms. The molecule has 2 heterocycles. The van der Waals surface area contributed by atoms with Crippen molar-refractivity contribution in [2.24, 2.45) is 0 Å². The van der Waals surface area contributed by atoms with Crippen LogP contribution < -0.4 is 0 Å². The molecule has 0 atom stereocenters. The molecule has 0 unspecified atom stereocenters. The third-order valence-electron chi connectivity index (χ3n) is 2.08. The first kappa shape index (κ1) is 9.98. The fourth-order valence-corrected chi connectivity index (χ4v) is 1.77. The van der Waals surface area contributed by atoms with Crippen LogP contribution in [-0.4, -0.2) is 20.3 Å². The molecule has 0 spiro atoms. The van der Waals surface area contributed by atoms with Crippen LogP contribution in [0.15, 0.2) is 18.3 Å². The van der Waals surface area contributed by atoms with Gasteiger partial charge in [-0.25, -0.2) is 4.98 Å². The molecule has 0 aliphatic carbocycles. The minimum Gasteiger partial charge on any atom is -0.506 e. The predicted octanol–water partition coefficient (Wildman–Crippen LogP) is 1.82. The monoisotopic (exact) mass is 224 g/mol. The number of imidazole rings is 1. The molecular weight excluding hydrogens is 216 g/mol. The van der Waals surface area contributed by atoms with Crippen molar-refractivity contribution in [2.45, 2.75) is 13.3 Å². The summed E-state index contributed by atoms with van der Waals surface area (Å²) in [5.74, 6) is 0.602. The van der Waals surface area contributed by atoms with Gasteiger partial charge in [0.15, 0.2) is 5.15 Å². The lowest BCUT2D eigenvalue weighted by Crippen LogP contribution is -2.01. The maximum Gasteiger partial charge on any atom is 0.158 e. The molecule has 1 N–H and O–H groups in total. The molecule has 5 heteroatoms. The van der Waals surface area contributed by atoms with Gasteiger partial charge in [-0.1, -0.05) is 11.6 Å². The Balaban J connectivity index is 2.68. The predicted molar refractivity (Wildman–Crippen MR) is 56.3 cm³/mol. The third-order valence-corrected chi connectivity index (χ3v) is 2.34. The summed E-state index contributed by atoms with van der Waals surface area (Å²) >= 11 is 5.86. The van der Waals surface area contributed by atoms with E-state index in [1.54, 1.807) is 16.7 Å². The van der Waals surface area contributed by atoms with Gasteiger partial charge in [0.25, 0.3) is 0 Å². The molecule has 0 amide bonds. The maximum atomic E-state index is 11.0. The molecule has 0 saturated carbocycles. The topological polar surface area (TPSA) is 54.6 Å². The number of hydrogen-bond acceptors (Lipinski definition) is 3. The van der Waals surface area contributed by atoms with E-state index in [1.807, 2.05) is 0 Å². The van der Waals surface area contributed by atoms with Crippen molar-refractivity contribution >= 4 is 22.9 Å². The van der Waals surface area contributed by atoms with Gasteiger partial charge in [0.1, 0.15) is 22.9 Å². The van der Waals surface area contributed by atoms with E-state index in [1.165, 1.54) is 13.0 Å². The SMILES string of the molecule is CC(=O)Cc1nc(Cl)c2c(O)cccn12. The lowest BCUT2D eigenvalue weighted by atomic mass is 10.3. The summed E-state index contributed by atoms with van der Waals surface area (Å²) in [5, 5.41) is 9.78. The van der Waals surface area contributed by atoms with Crippen LogP contribution in [0.4, 0.5) is 0 Å². The van der Waals surface area contributed by atoms with E-state index in [0.717, 1.165) is 0 Å². The number of rotatable bonds is 2. The van der Waals surface area contributed by atoms with Crippen molar-refractivity contribution in [2.75, 3.05) is 0 Å². The van der Waals surface area contributed by atoms with E-state index in [0.29, 0.717) is 11.3 Å². The smallest absolute Gasteiger partial charge is 0.158 e. The Labute approximate surface area is 91.1 Å². The Morgan fingerprint density at radius 2 is 2.40 bits per heavy atom. The number of nitrogens with zero attached hydrogens (tertiary/aromatic N) is 2. The Hall–Kier alpha value is -1.55. The molecule has 0 saturated heterocycles. The second-order valence-electron chi connectivity index (χ2n) is 3.31. The number of aromatic hydroxyl groups is 1. The number of Topliss-reactive ketones (excluding diaryl/α,β-unsaturated/α-hetero) is 1. The molecular formula is C10H9ClN2O2. The third kappa shape index (κ3) is 1.68. The minimum absolute atomic E-state index is 0.00177. The molecule has 0 aliphatic heterocycles. The van der Waals surface area contributed by atoms with Crippen LogP contribution in [0, 0.1) is 0 Å². The normalized spacial score (nSPS) is 10.8. The standard InChI is InChI=1S/C10H9ClN2O2/c1-6(14)5-8-12-10(11)9-7(15)3-2-4-13(8)9/h2-4,15H,5H2,1H3. The van der Waals surface area contributed by atoms with Crippen LogP contribution in [0.25, 0.3) is 5.52 Å². The van der Waals surface area contributed by atoms with E-state index < -0.39 is 0 Å². The van der Waals surface area contributed by atoms with Crippen molar-refractivity contribution in [3.05, 3.63) is 29.3 Å². The first-order valence-electron chi connectivity index (χ1n) is 4.43. The number of ketones is 1.